The first-order chi connectivity index (χ1) is 10.6. The van der Waals surface area contributed by atoms with Crippen LogP contribution >= 0.6 is 0 Å². The highest BCUT2D eigenvalue weighted by Gasteiger charge is 2.24. The minimum atomic E-state index is -1.25. The van der Waals surface area contributed by atoms with Gasteiger partial charge in [0, 0.05) is 12.8 Å². The lowest BCUT2D eigenvalue weighted by molar-refractivity contribution is 0.0693. The van der Waals surface area contributed by atoms with Crippen molar-refractivity contribution in [3.8, 4) is 0 Å². The first kappa shape index (κ1) is 14.5. The molecule has 3 heterocycles. The quantitative estimate of drug-likeness (QED) is 0.902. The fraction of sp³-hybridized carbons (Fsp3) is 0.429. The van der Waals surface area contributed by atoms with Crippen LogP contribution in [0.2, 0.25) is 0 Å². The van der Waals surface area contributed by atoms with Crippen LogP contribution in [0.4, 0.5) is 0 Å². The smallest absolute Gasteiger partial charge is 0.341 e. The van der Waals surface area contributed by atoms with Gasteiger partial charge >= 0.3 is 5.97 Å². The SMILES string of the molecule is Cc1ccn(Cc2noc(C3CCCO3)n2)c(=O)c1C(=O)O. The molecule has 1 fully saturated rings. The summed E-state index contributed by atoms with van der Waals surface area (Å²) in [7, 11) is 0. The van der Waals surface area contributed by atoms with Crippen molar-refractivity contribution in [2.24, 2.45) is 0 Å². The fourth-order valence-electron chi connectivity index (χ4n) is 2.44. The van der Waals surface area contributed by atoms with Crippen LogP contribution in [-0.2, 0) is 11.3 Å². The van der Waals surface area contributed by atoms with Gasteiger partial charge in [-0.15, -0.1) is 0 Å². The van der Waals surface area contributed by atoms with Gasteiger partial charge in [0.2, 0.25) is 0 Å². The molecule has 22 heavy (non-hydrogen) atoms. The third kappa shape index (κ3) is 2.64. The standard InChI is InChI=1S/C14H15N3O5/c1-8-4-5-17(13(18)11(8)14(19)20)7-10-15-12(22-16-10)9-3-2-6-21-9/h4-5,9H,2-3,6-7H2,1H3,(H,19,20). The number of aryl methyl sites for hydroxylation is 1. The Balaban J connectivity index is 1.86. The van der Waals surface area contributed by atoms with Gasteiger partial charge in [0.15, 0.2) is 5.82 Å². The van der Waals surface area contributed by atoms with Crippen LogP contribution in [0.25, 0.3) is 0 Å². The van der Waals surface area contributed by atoms with Gasteiger partial charge in [-0.2, -0.15) is 4.98 Å². The third-order valence-electron chi connectivity index (χ3n) is 3.59. The van der Waals surface area contributed by atoms with Gasteiger partial charge in [-0.25, -0.2) is 4.79 Å². The van der Waals surface area contributed by atoms with E-state index >= 15 is 0 Å². The topological polar surface area (TPSA) is 107 Å². The molecule has 1 aliphatic heterocycles. The van der Waals surface area contributed by atoms with Crippen LogP contribution < -0.4 is 5.56 Å². The number of carboxylic acid groups (broad SMARTS) is 1. The number of aromatic nitrogens is 3. The van der Waals surface area contributed by atoms with Crippen molar-refractivity contribution in [2.45, 2.75) is 32.4 Å². The first-order valence-corrected chi connectivity index (χ1v) is 6.93. The molecule has 1 unspecified atom stereocenters. The van der Waals surface area contributed by atoms with E-state index in [-0.39, 0.29) is 18.2 Å². The van der Waals surface area contributed by atoms with Crippen molar-refractivity contribution in [1.29, 1.82) is 0 Å². The summed E-state index contributed by atoms with van der Waals surface area (Å²) in [5.74, 6) is -0.538. The molecular formula is C14H15N3O5. The molecule has 116 valence electrons. The van der Waals surface area contributed by atoms with E-state index in [9.17, 15) is 9.59 Å². The van der Waals surface area contributed by atoms with E-state index in [0.29, 0.717) is 23.9 Å². The van der Waals surface area contributed by atoms with Gasteiger partial charge in [0.25, 0.3) is 11.4 Å². The lowest BCUT2D eigenvalue weighted by Crippen LogP contribution is -2.27. The fourth-order valence-corrected chi connectivity index (χ4v) is 2.44. The molecule has 8 nitrogen and oxygen atoms in total. The van der Waals surface area contributed by atoms with E-state index in [1.165, 1.54) is 10.8 Å². The lowest BCUT2D eigenvalue weighted by atomic mass is 10.1. The average Bonchev–Trinajstić information content (AvgIpc) is 3.12. The van der Waals surface area contributed by atoms with Crippen molar-refractivity contribution in [3.05, 3.63) is 45.5 Å². The van der Waals surface area contributed by atoms with Gasteiger partial charge in [-0.05, 0) is 31.4 Å². The maximum Gasteiger partial charge on any atom is 0.341 e. The number of carboxylic acids is 1. The maximum absolute atomic E-state index is 12.2. The molecule has 0 radical (unpaired) electrons. The lowest BCUT2D eigenvalue weighted by Gasteiger charge is -2.06. The largest absolute Gasteiger partial charge is 0.477 e. The zero-order valence-corrected chi connectivity index (χ0v) is 12.0. The Morgan fingerprint density at radius 1 is 1.55 bits per heavy atom. The maximum atomic E-state index is 12.2. The number of hydrogen-bond acceptors (Lipinski definition) is 6. The van der Waals surface area contributed by atoms with Gasteiger partial charge in [-0.1, -0.05) is 5.16 Å². The molecular weight excluding hydrogens is 290 g/mol. The van der Waals surface area contributed by atoms with Gasteiger partial charge in [0.05, 0.1) is 6.54 Å². The highest BCUT2D eigenvalue weighted by Crippen LogP contribution is 2.26. The summed E-state index contributed by atoms with van der Waals surface area (Å²) in [4.78, 5) is 27.5. The summed E-state index contributed by atoms with van der Waals surface area (Å²) >= 11 is 0. The Morgan fingerprint density at radius 2 is 2.36 bits per heavy atom. The van der Waals surface area contributed by atoms with Crippen LogP contribution in [-0.4, -0.2) is 32.4 Å². The number of rotatable bonds is 4. The minimum absolute atomic E-state index is 0.0512. The van der Waals surface area contributed by atoms with Crippen molar-refractivity contribution < 1.29 is 19.2 Å². The van der Waals surface area contributed by atoms with E-state index in [1.807, 2.05) is 0 Å². The molecule has 2 aromatic rings. The van der Waals surface area contributed by atoms with Gasteiger partial charge in [0.1, 0.15) is 11.7 Å². The van der Waals surface area contributed by atoms with Crippen molar-refractivity contribution in [1.82, 2.24) is 14.7 Å². The Morgan fingerprint density at radius 3 is 3.05 bits per heavy atom. The first-order valence-electron chi connectivity index (χ1n) is 6.93. The number of pyridine rings is 1. The van der Waals surface area contributed by atoms with Crippen LogP contribution in [0.5, 0.6) is 0 Å². The summed E-state index contributed by atoms with van der Waals surface area (Å²) in [6.45, 7) is 2.30. The van der Waals surface area contributed by atoms with E-state index in [0.717, 1.165) is 12.8 Å². The number of hydrogen-bond donors (Lipinski definition) is 1. The van der Waals surface area contributed by atoms with Crippen LogP contribution in [0, 0.1) is 6.92 Å². The van der Waals surface area contributed by atoms with Gasteiger partial charge in [-0.3, -0.25) is 4.79 Å². The van der Waals surface area contributed by atoms with Crippen LogP contribution in [0.15, 0.2) is 21.6 Å². The Hall–Kier alpha value is -2.48. The van der Waals surface area contributed by atoms with Crippen molar-refractivity contribution >= 4 is 5.97 Å². The molecule has 0 aromatic carbocycles. The molecule has 0 amide bonds. The second kappa shape index (κ2) is 5.72. The molecule has 0 saturated carbocycles. The summed E-state index contributed by atoms with van der Waals surface area (Å²) in [5, 5.41) is 12.9. The molecule has 0 bridgehead atoms. The highest BCUT2D eigenvalue weighted by atomic mass is 16.5. The molecule has 1 saturated heterocycles. The van der Waals surface area contributed by atoms with Crippen molar-refractivity contribution in [2.75, 3.05) is 6.61 Å². The predicted molar refractivity (Wildman–Crippen MR) is 73.7 cm³/mol. The second-order valence-corrected chi connectivity index (χ2v) is 5.16. The number of carbonyl (C=O) groups is 1. The van der Waals surface area contributed by atoms with E-state index in [2.05, 4.69) is 10.1 Å². The summed E-state index contributed by atoms with van der Waals surface area (Å²) in [5.41, 5.74) is -0.414. The summed E-state index contributed by atoms with van der Waals surface area (Å²) in [6, 6.07) is 1.58. The zero-order valence-electron chi connectivity index (χ0n) is 12.0. The Kier molecular flexibility index (Phi) is 3.76. The monoisotopic (exact) mass is 305 g/mol. The third-order valence-corrected chi connectivity index (χ3v) is 3.59. The molecule has 1 aliphatic rings. The van der Waals surface area contributed by atoms with E-state index < -0.39 is 11.5 Å². The van der Waals surface area contributed by atoms with E-state index in [1.54, 1.807) is 13.0 Å². The average molecular weight is 305 g/mol. The number of ether oxygens (including phenoxy) is 1. The minimum Gasteiger partial charge on any atom is -0.477 e. The van der Waals surface area contributed by atoms with E-state index in [4.69, 9.17) is 14.4 Å². The second-order valence-electron chi connectivity index (χ2n) is 5.16. The normalized spacial score (nSPS) is 17.8. The zero-order chi connectivity index (χ0) is 15.7. The number of aromatic carboxylic acids is 1. The number of nitrogens with zero attached hydrogens (tertiary/aromatic N) is 3. The molecule has 3 rings (SSSR count). The predicted octanol–water partition coefficient (Wildman–Crippen LogP) is 1.14. The molecule has 2 aromatic heterocycles. The van der Waals surface area contributed by atoms with Gasteiger partial charge < -0.3 is 18.9 Å². The Labute approximate surface area is 125 Å². The van der Waals surface area contributed by atoms with Crippen LogP contribution in [0.3, 0.4) is 0 Å². The molecule has 0 spiro atoms. The summed E-state index contributed by atoms with van der Waals surface area (Å²) < 4.78 is 11.8. The molecule has 1 atom stereocenters. The summed E-state index contributed by atoms with van der Waals surface area (Å²) in [6.07, 6.45) is 3.11. The molecule has 8 heteroatoms. The molecule has 0 aliphatic carbocycles. The highest BCUT2D eigenvalue weighted by molar-refractivity contribution is 5.88. The van der Waals surface area contributed by atoms with Crippen LogP contribution in [0.1, 0.15) is 46.6 Å². The molecule has 1 N–H and O–H groups in total. The Bertz CT molecular complexity index is 758. The van der Waals surface area contributed by atoms with Crippen molar-refractivity contribution in [3.63, 3.8) is 0 Å².